The SMILES string of the molecule is CN(C)c1cc(C#Cc2ccccc2)c(O)c2c1CC1CC3C(N(C)C)C(O)=C(C(N)=O)CC3(O)C(=O)C1=C2O. The average molecular weight is 544 g/mol. The van der Waals surface area contributed by atoms with E-state index >= 15 is 0 Å². The largest absolute Gasteiger partial charge is 0.510 e. The van der Waals surface area contributed by atoms with E-state index in [4.69, 9.17) is 5.73 Å². The number of nitrogens with two attached hydrogens (primary N) is 1. The highest BCUT2D eigenvalue weighted by molar-refractivity contribution is 6.10. The summed E-state index contributed by atoms with van der Waals surface area (Å²) in [4.78, 5) is 29.7. The van der Waals surface area contributed by atoms with Gasteiger partial charge in [0.15, 0.2) is 5.78 Å². The number of likely N-dealkylation sites (N-methyl/N-ethyl adjacent to an activating group) is 1. The van der Waals surface area contributed by atoms with E-state index in [2.05, 4.69) is 11.8 Å². The summed E-state index contributed by atoms with van der Waals surface area (Å²) < 4.78 is 0. The molecule has 1 amide bonds. The Labute approximate surface area is 232 Å². The van der Waals surface area contributed by atoms with E-state index in [0.717, 1.165) is 11.3 Å². The maximum atomic E-state index is 14.0. The fourth-order valence-corrected chi connectivity index (χ4v) is 6.54. The summed E-state index contributed by atoms with van der Waals surface area (Å²) in [7, 11) is 7.07. The molecule has 4 atom stereocenters. The van der Waals surface area contributed by atoms with E-state index in [0.29, 0.717) is 12.0 Å². The number of carbonyl (C=O) groups excluding carboxylic acids is 2. The van der Waals surface area contributed by atoms with Crippen molar-refractivity contribution in [1.82, 2.24) is 4.90 Å². The van der Waals surface area contributed by atoms with Gasteiger partial charge in [-0.2, -0.15) is 0 Å². The minimum absolute atomic E-state index is 0.00198. The van der Waals surface area contributed by atoms with Gasteiger partial charge in [-0.1, -0.05) is 30.0 Å². The number of nitrogens with zero attached hydrogens (tertiary/aromatic N) is 2. The minimum atomic E-state index is -2.08. The number of carbonyl (C=O) groups is 2. The fraction of sp³-hybridized carbons (Fsp3) is 0.355. The number of aliphatic hydroxyl groups excluding tert-OH is 2. The highest BCUT2D eigenvalue weighted by atomic mass is 16.3. The third-order valence-electron chi connectivity index (χ3n) is 8.39. The lowest BCUT2D eigenvalue weighted by Crippen LogP contribution is -2.62. The van der Waals surface area contributed by atoms with Crippen molar-refractivity contribution in [2.75, 3.05) is 33.1 Å². The summed E-state index contributed by atoms with van der Waals surface area (Å²) in [6.45, 7) is 0. The lowest BCUT2D eigenvalue weighted by atomic mass is 9.57. The predicted molar refractivity (Wildman–Crippen MR) is 151 cm³/mol. The van der Waals surface area contributed by atoms with Gasteiger partial charge in [0.2, 0.25) is 5.91 Å². The lowest BCUT2D eigenvalue weighted by Gasteiger charge is -2.51. The fourth-order valence-electron chi connectivity index (χ4n) is 6.54. The van der Waals surface area contributed by atoms with Crippen LogP contribution in [0.4, 0.5) is 5.69 Å². The first kappa shape index (κ1) is 27.3. The number of phenols is 1. The molecule has 2 aromatic carbocycles. The van der Waals surface area contributed by atoms with E-state index in [1.807, 2.05) is 49.3 Å². The van der Waals surface area contributed by atoms with Crippen LogP contribution in [-0.2, 0) is 16.0 Å². The molecule has 0 saturated heterocycles. The molecular formula is C31H33N3O6. The normalized spacial score (nSPS) is 25.6. The Kier molecular flexibility index (Phi) is 6.65. The van der Waals surface area contributed by atoms with E-state index in [1.54, 1.807) is 25.1 Å². The molecule has 0 heterocycles. The standard InChI is InChI=1S/C31H33N3O6/c1-33(2)22-14-17(11-10-16-8-6-5-7-9-16)26(35)24-19(22)12-18-13-21-25(34(3)4)27(36)20(30(32)39)15-31(21,40)29(38)23(18)28(24)37/h5-9,14,18,21,25,35-37,40H,12-13,15H2,1-4H3,(H2,32,39). The monoisotopic (exact) mass is 543 g/mol. The number of phenolic OH excluding ortho intramolecular Hbond substituents is 1. The van der Waals surface area contributed by atoms with Crippen LogP contribution >= 0.6 is 0 Å². The van der Waals surface area contributed by atoms with E-state index < -0.39 is 47.3 Å². The van der Waals surface area contributed by atoms with Gasteiger partial charge >= 0.3 is 0 Å². The predicted octanol–water partition coefficient (Wildman–Crippen LogP) is 2.25. The van der Waals surface area contributed by atoms with Crippen LogP contribution in [0.15, 0.2) is 53.3 Å². The van der Waals surface area contributed by atoms with Crippen LogP contribution in [0, 0.1) is 23.7 Å². The molecule has 4 unspecified atom stereocenters. The molecule has 0 bridgehead atoms. The molecule has 9 heteroatoms. The summed E-state index contributed by atoms with van der Waals surface area (Å²) in [6, 6.07) is 10.2. The summed E-state index contributed by atoms with van der Waals surface area (Å²) in [5, 5.41) is 45.7. The Balaban J connectivity index is 1.68. The maximum Gasteiger partial charge on any atom is 0.248 e. The number of Topliss-reactive ketones (excluding diaryl/α,β-unsaturated/α-hetero) is 1. The van der Waals surface area contributed by atoms with Crippen molar-refractivity contribution in [3.8, 4) is 17.6 Å². The van der Waals surface area contributed by atoms with Gasteiger partial charge in [-0.3, -0.25) is 14.5 Å². The van der Waals surface area contributed by atoms with Crippen molar-refractivity contribution >= 4 is 23.1 Å². The Bertz CT molecular complexity index is 1550. The molecule has 9 nitrogen and oxygen atoms in total. The van der Waals surface area contributed by atoms with Gasteiger partial charge < -0.3 is 31.1 Å². The molecule has 2 aromatic rings. The zero-order valence-corrected chi connectivity index (χ0v) is 22.9. The van der Waals surface area contributed by atoms with Gasteiger partial charge in [0, 0.05) is 43.3 Å². The first-order valence-corrected chi connectivity index (χ1v) is 13.1. The molecule has 1 fully saturated rings. The highest BCUT2D eigenvalue weighted by Gasteiger charge is 2.60. The number of amides is 1. The second-order valence-corrected chi connectivity index (χ2v) is 11.2. The average Bonchev–Trinajstić information content (AvgIpc) is 2.89. The van der Waals surface area contributed by atoms with Gasteiger partial charge in [0.25, 0.3) is 0 Å². The van der Waals surface area contributed by atoms with E-state index in [-0.39, 0.29) is 40.2 Å². The number of ketones is 1. The molecule has 0 aromatic heterocycles. The van der Waals surface area contributed by atoms with Crippen molar-refractivity contribution in [3.05, 3.63) is 75.6 Å². The molecule has 0 aliphatic heterocycles. The number of hydrogen-bond acceptors (Lipinski definition) is 8. The molecule has 5 rings (SSSR count). The third kappa shape index (κ3) is 4.12. The number of aliphatic hydroxyl groups is 3. The first-order chi connectivity index (χ1) is 18.9. The zero-order chi connectivity index (χ0) is 29.1. The quantitative estimate of drug-likeness (QED) is 0.371. The Morgan fingerprint density at radius 1 is 1.07 bits per heavy atom. The second kappa shape index (κ2) is 9.73. The molecule has 3 aliphatic rings. The maximum absolute atomic E-state index is 14.0. The third-order valence-corrected chi connectivity index (χ3v) is 8.39. The molecule has 0 radical (unpaired) electrons. The highest BCUT2D eigenvalue weighted by Crippen LogP contribution is 2.54. The van der Waals surface area contributed by atoms with Crippen LogP contribution in [-0.4, -0.2) is 76.9 Å². The molecule has 3 aliphatic carbocycles. The van der Waals surface area contributed by atoms with Crippen molar-refractivity contribution < 1.29 is 30.0 Å². The smallest absolute Gasteiger partial charge is 0.248 e. The van der Waals surface area contributed by atoms with Crippen molar-refractivity contribution in [2.24, 2.45) is 17.6 Å². The molecular weight excluding hydrogens is 510 g/mol. The van der Waals surface area contributed by atoms with Gasteiger partial charge in [0.1, 0.15) is 22.9 Å². The number of aromatic hydroxyl groups is 1. The topological polar surface area (TPSA) is 148 Å². The number of fused-ring (bicyclic) bond motifs is 3. The molecule has 208 valence electrons. The Hall–Kier alpha value is -4.26. The lowest BCUT2D eigenvalue weighted by molar-refractivity contribution is -0.151. The van der Waals surface area contributed by atoms with Crippen LogP contribution in [0.1, 0.15) is 35.1 Å². The van der Waals surface area contributed by atoms with Crippen LogP contribution < -0.4 is 10.6 Å². The molecule has 1 saturated carbocycles. The second-order valence-electron chi connectivity index (χ2n) is 11.2. The summed E-state index contributed by atoms with van der Waals surface area (Å²) >= 11 is 0. The molecule has 6 N–H and O–H groups in total. The zero-order valence-electron chi connectivity index (χ0n) is 22.9. The summed E-state index contributed by atoms with van der Waals surface area (Å²) in [5.74, 6) is 2.20. The van der Waals surface area contributed by atoms with E-state index in [1.165, 1.54) is 0 Å². The van der Waals surface area contributed by atoms with E-state index in [9.17, 15) is 30.0 Å². The number of hydrogen-bond donors (Lipinski definition) is 5. The summed E-state index contributed by atoms with van der Waals surface area (Å²) in [6.07, 6.45) is 0.104. The number of anilines is 1. The minimum Gasteiger partial charge on any atom is -0.510 e. The summed E-state index contributed by atoms with van der Waals surface area (Å²) in [5.41, 5.74) is 5.76. The van der Waals surface area contributed by atoms with Crippen molar-refractivity contribution in [3.63, 3.8) is 0 Å². The molecule has 0 spiro atoms. The van der Waals surface area contributed by atoms with Crippen molar-refractivity contribution in [2.45, 2.75) is 30.9 Å². The Morgan fingerprint density at radius 3 is 2.35 bits per heavy atom. The van der Waals surface area contributed by atoms with Gasteiger partial charge in [-0.15, -0.1) is 0 Å². The first-order valence-electron chi connectivity index (χ1n) is 13.1. The van der Waals surface area contributed by atoms with Crippen molar-refractivity contribution in [1.29, 1.82) is 0 Å². The van der Waals surface area contributed by atoms with Gasteiger partial charge in [-0.25, -0.2) is 0 Å². The molecule has 40 heavy (non-hydrogen) atoms. The number of primary amides is 1. The number of benzene rings is 2. The van der Waals surface area contributed by atoms with Gasteiger partial charge in [-0.05, 0) is 56.6 Å². The van der Waals surface area contributed by atoms with Crippen LogP contribution in [0.2, 0.25) is 0 Å². The van der Waals surface area contributed by atoms with Crippen LogP contribution in [0.3, 0.4) is 0 Å². The van der Waals surface area contributed by atoms with Gasteiger partial charge in [0.05, 0.1) is 22.7 Å². The van der Waals surface area contributed by atoms with Crippen LogP contribution in [0.25, 0.3) is 5.76 Å². The number of rotatable bonds is 3. The van der Waals surface area contributed by atoms with Crippen LogP contribution in [0.5, 0.6) is 5.75 Å². The Morgan fingerprint density at radius 2 is 1.75 bits per heavy atom.